The van der Waals surface area contributed by atoms with Gasteiger partial charge in [0.05, 0.1) is 18.5 Å². The number of carboxylic acid groups (broad SMARTS) is 1. The zero-order valence-corrected chi connectivity index (χ0v) is 24.4. The molecule has 1 heterocycles. The van der Waals surface area contributed by atoms with Crippen molar-refractivity contribution < 1.29 is 27.9 Å². The van der Waals surface area contributed by atoms with Crippen LogP contribution in [0.4, 0.5) is 0 Å². The van der Waals surface area contributed by atoms with Gasteiger partial charge in [-0.05, 0) is 80.0 Å². The molecule has 2 N–H and O–H groups in total. The van der Waals surface area contributed by atoms with Crippen molar-refractivity contribution in [3.8, 4) is 11.1 Å². The zero-order chi connectivity index (χ0) is 28.7. The van der Waals surface area contributed by atoms with Crippen LogP contribution in [0, 0.1) is 6.92 Å². The maximum atomic E-state index is 13.4. The Morgan fingerprint density at radius 1 is 1.05 bits per heavy atom. The summed E-state index contributed by atoms with van der Waals surface area (Å²) in [7, 11) is -3.37. The van der Waals surface area contributed by atoms with Crippen molar-refractivity contribution in [3.05, 3.63) is 59.2 Å². The summed E-state index contributed by atoms with van der Waals surface area (Å²) >= 11 is 0. The number of hydrogen-bond donors (Lipinski definition) is 2. The number of nitrogens with zero attached hydrogens (tertiary/aromatic N) is 1. The first-order valence-electron chi connectivity index (χ1n) is 14.4. The van der Waals surface area contributed by atoms with Gasteiger partial charge < -0.3 is 15.2 Å². The first-order valence-corrected chi connectivity index (χ1v) is 16.4. The predicted octanol–water partition coefficient (Wildman–Crippen LogP) is 4.59. The number of carboxylic acids is 1. The number of likely N-dealkylation sites (tertiary alicyclic amines) is 1. The van der Waals surface area contributed by atoms with Gasteiger partial charge in [-0.15, -0.1) is 0 Å². The highest BCUT2D eigenvalue weighted by molar-refractivity contribution is 7.90. The topological polar surface area (TPSA) is 113 Å². The van der Waals surface area contributed by atoms with Crippen LogP contribution in [-0.4, -0.2) is 73.6 Å². The minimum absolute atomic E-state index is 0.197. The van der Waals surface area contributed by atoms with Crippen molar-refractivity contribution in [2.75, 3.05) is 25.2 Å². The molecule has 0 spiro atoms. The Morgan fingerprint density at radius 3 is 2.50 bits per heavy atom. The van der Waals surface area contributed by atoms with Crippen LogP contribution in [0.15, 0.2) is 42.5 Å². The normalized spacial score (nSPS) is 19.4. The maximum Gasteiger partial charge on any atom is 0.326 e. The molecule has 2 aromatic carbocycles. The van der Waals surface area contributed by atoms with Crippen LogP contribution >= 0.6 is 0 Å². The summed E-state index contributed by atoms with van der Waals surface area (Å²) < 4.78 is 29.5. The molecule has 2 atom stereocenters. The second kappa shape index (κ2) is 13.7. The van der Waals surface area contributed by atoms with Crippen LogP contribution in [0.3, 0.4) is 0 Å². The molecule has 1 amide bonds. The molecule has 0 aromatic heterocycles. The monoisotopic (exact) mass is 570 g/mol. The molecular formula is C31H42N2O6S. The average Bonchev–Trinajstić information content (AvgIpc) is 3.36. The van der Waals surface area contributed by atoms with E-state index in [0.29, 0.717) is 17.7 Å². The first kappa shape index (κ1) is 30.2. The molecule has 4 rings (SSSR count). The minimum atomic E-state index is -3.37. The fourth-order valence-corrected chi connectivity index (χ4v) is 6.48. The van der Waals surface area contributed by atoms with Crippen LogP contribution in [0.25, 0.3) is 11.1 Å². The molecule has 1 saturated carbocycles. The molecule has 8 nitrogen and oxygen atoms in total. The van der Waals surface area contributed by atoms with Crippen molar-refractivity contribution in [1.29, 1.82) is 0 Å². The van der Waals surface area contributed by atoms with Crippen LogP contribution in [0.1, 0.15) is 72.9 Å². The molecule has 2 fully saturated rings. The van der Waals surface area contributed by atoms with Crippen molar-refractivity contribution in [2.24, 2.45) is 0 Å². The minimum Gasteiger partial charge on any atom is -0.480 e. The molecule has 2 aliphatic rings. The number of benzene rings is 2. The number of carbonyl (C=O) groups excluding carboxylic acids is 1. The number of amides is 1. The van der Waals surface area contributed by atoms with Gasteiger partial charge in [-0.1, -0.05) is 49.6 Å². The smallest absolute Gasteiger partial charge is 0.326 e. The van der Waals surface area contributed by atoms with Gasteiger partial charge >= 0.3 is 5.97 Å². The third-order valence-electron chi connectivity index (χ3n) is 8.11. The molecule has 0 unspecified atom stereocenters. The van der Waals surface area contributed by atoms with Crippen molar-refractivity contribution in [1.82, 2.24) is 10.2 Å². The lowest BCUT2D eigenvalue weighted by molar-refractivity contribution is -0.139. The largest absolute Gasteiger partial charge is 0.480 e. The first-order chi connectivity index (χ1) is 19.1. The van der Waals surface area contributed by atoms with E-state index in [9.17, 15) is 23.1 Å². The van der Waals surface area contributed by atoms with Gasteiger partial charge in [0.15, 0.2) is 0 Å². The number of carbonyl (C=O) groups is 2. The maximum absolute atomic E-state index is 13.4. The van der Waals surface area contributed by atoms with Crippen LogP contribution in [0.2, 0.25) is 0 Å². The van der Waals surface area contributed by atoms with E-state index in [4.69, 9.17) is 4.74 Å². The van der Waals surface area contributed by atoms with Gasteiger partial charge in [-0.3, -0.25) is 9.69 Å². The molecular weight excluding hydrogens is 528 g/mol. The quantitative estimate of drug-likeness (QED) is 0.384. The number of ether oxygens (including phenoxy) is 1. The van der Waals surface area contributed by atoms with E-state index in [1.54, 1.807) is 6.07 Å². The summed E-state index contributed by atoms with van der Waals surface area (Å²) in [5.74, 6) is -2.12. The number of aryl methyl sites for hydroxylation is 1. The Bertz CT molecular complexity index is 1290. The molecule has 0 radical (unpaired) electrons. The van der Waals surface area contributed by atoms with Gasteiger partial charge in [-0.25, -0.2) is 13.2 Å². The van der Waals surface area contributed by atoms with E-state index >= 15 is 0 Å². The summed E-state index contributed by atoms with van der Waals surface area (Å²) in [4.78, 5) is 27.6. The third-order valence-corrected chi connectivity index (χ3v) is 9.08. The van der Waals surface area contributed by atoms with Gasteiger partial charge in [0.1, 0.15) is 15.9 Å². The Morgan fingerprint density at radius 2 is 1.80 bits per heavy atom. The van der Waals surface area contributed by atoms with Gasteiger partial charge in [0.2, 0.25) is 0 Å². The summed E-state index contributed by atoms with van der Waals surface area (Å²) in [6, 6.07) is 12.6. The SMILES string of the molecule is Cc1ccccc1-c1cc(CN2CCC[C@@H]2COC2CCCCC2)ccc1C(=O)N[C@@H](CCS(C)(=O)=O)C(=O)O. The molecule has 1 aliphatic heterocycles. The van der Waals surface area contributed by atoms with E-state index in [0.717, 1.165) is 73.9 Å². The van der Waals surface area contributed by atoms with E-state index in [1.807, 2.05) is 43.3 Å². The number of hydrogen-bond acceptors (Lipinski definition) is 6. The summed E-state index contributed by atoms with van der Waals surface area (Å²) in [6.07, 6.45) is 9.62. The lowest BCUT2D eigenvalue weighted by atomic mass is 9.93. The lowest BCUT2D eigenvalue weighted by Gasteiger charge is -2.28. The summed E-state index contributed by atoms with van der Waals surface area (Å²) in [5.41, 5.74) is 4.07. The Balaban J connectivity index is 1.53. The molecule has 2 aromatic rings. The fraction of sp³-hybridized carbons (Fsp3) is 0.548. The lowest BCUT2D eigenvalue weighted by Crippen LogP contribution is -2.42. The predicted molar refractivity (Wildman–Crippen MR) is 156 cm³/mol. The average molecular weight is 571 g/mol. The van der Waals surface area contributed by atoms with E-state index in [1.165, 1.54) is 19.3 Å². The van der Waals surface area contributed by atoms with Crippen LogP contribution in [-0.2, 0) is 25.9 Å². The Hall–Kier alpha value is -2.75. The number of aliphatic carboxylic acids is 1. The number of sulfone groups is 1. The fourth-order valence-electron chi connectivity index (χ4n) is 5.82. The summed E-state index contributed by atoms with van der Waals surface area (Å²) in [5, 5.41) is 12.2. The van der Waals surface area contributed by atoms with Crippen LogP contribution < -0.4 is 5.32 Å². The highest BCUT2D eigenvalue weighted by Crippen LogP contribution is 2.30. The van der Waals surface area contributed by atoms with Crippen LogP contribution in [0.5, 0.6) is 0 Å². The van der Waals surface area contributed by atoms with Crippen molar-refractivity contribution in [2.45, 2.75) is 83.0 Å². The van der Waals surface area contributed by atoms with Crippen molar-refractivity contribution in [3.63, 3.8) is 0 Å². The van der Waals surface area contributed by atoms with Crippen molar-refractivity contribution >= 4 is 21.7 Å². The third kappa shape index (κ3) is 8.38. The number of nitrogens with one attached hydrogen (secondary N) is 1. The van der Waals surface area contributed by atoms with E-state index in [2.05, 4.69) is 10.2 Å². The summed E-state index contributed by atoms with van der Waals surface area (Å²) in [6.45, 7) is 4.47. The Kier molecular flexibility index (Phi) is 10.4. The highest BCUT2D eigenvalue weighted by Gasteiger charge is 2.28. The standard InChI is InChI=1S/C31H42N2O6S/c1-22-9-6-7-13-26(22)28-19-23(20-33-17-8-10-24(33)21-39-25-11-4-3-5-12-25)14-15-27(28)30(34)32-29(31(35)36)16-18-40(2,37)38/h6-7,9,13-15,19,24-25,29H,3-5,8,10-12,16-18,20-21H2,1-2H3,(H,32,34)(H,35,36)/t24-,29+/m1/s1. The molecule has 1 aliphatic carbocycles. The zero-order valence-electron chi connectivity index (χ0n) is 23.6. The van der Waals surface area contributed by atoms with Gasteiger partial charge in [-0.2, -0.15) is 0 Å². The second-order valence-corrected chi connectivity index (χ2v) is 13.6. The molecule has 218 valence electrons. The molecule has 40 heavy (non-hydrogen) atoms. The molecule has 1 saturated heterocycles. The Labute approximate surface area is 238 Å². The highest BCUT2D eigenvalue weighted by atomic mass is 32.2. The van der Waals surface area contributed by atoms with E-state index in [-0.39, 0.29) is 12.2 Å². The second-order valence-electron chi connectivity index (χ2n) is 11.3. The van der Waals surface area contributed by atoms with E-state index < -0.39 is 27.8 Å². The van der Waals surface area contributed by atoms with Gasteiger partial charge in [0, 0.05) is 24.4 Å². The molecule has 0 bridgehead atoms. The molecule has 9 heteroatoms. The number of rotatable bonds is 12. The van der Waals surface area contributed by atoms with Gasteiger partial charge in [0.25, 0.3) is 5.91 Å².